The molecule has 3 aliphatic rings. The average Bonchev–Trinajstić information content (AvgIpc) is 3.09. The van der Waals surface area contributed by atoms with Crippen molar-refractivity contribution in [1.82, 2.24) is 4.98 Å². The number of aromatic nitrogens is 1. The number of hydrogen-bond donors (Lipinski definition) is 0. The van der Waals surface area contributed by atoms with Crippen molar-refractivity contribution in [3.05, 3.63) is 65.1 Å². The van der Waals surface area contributed by atoms with Crippen molar-refractivity contribution in [2.75, 3.05) is 0 Å². The van der Waals surface area contributed by atoms with Gasteiger partial charge in [0.2, 0.25) is 0 Å². The first-order valence-corrected chi connectivity index (χ1v) is 11.6. The summed E-state index contributed by atoms with van der Waals surface area (Å²) in [5, 5.41) is 1.51. The van der Waals surface area contributed by atoms with E-state index in [4.69, 9.17) is 21.3 Å². The number of aliphatic imine (C=N–C) groups is 1. The molecular weight excluding hydrogens is 411 g/mol. The topological polar surface area (TPSA) is 34.5 Å². The first kappa shape index (κ1) is 19.2. The molecule has 0 amide bonds. The van der Waals surface area contributed by atoms with E-state index in [9.17, 15) is 4.39 Å². The Morgan fingerprint density at radius 2 is 1.97 bits per heavy atom. The van der Waals surface area contributed by atoms with E-state index < -0.39 is 0 Å². The molecule has 3 unspecified atom stereocenters. The number of nitrogens with zero attached hydrogens (tertiary/aromatic N) is 2. The van der Waals surface area contributed by atoms with Crippen molar-refractivity contribution < 1.29 is 9.13 Å². The highest BCUT2D eigenvalue weighted by atomic mass is 35.5. The van der Waals surface area contributed by atoms with Gasteiger partial charge in [-0.1, -0.05) is 24.6 Å². The van der Waals surface area contributed by atoms with E-state index >= 15 is 0 Å². The minimum Gasteiger partial charge on any atom is -0.490 e. The maximum Gasteiger partial charge on any atom is 0.130 e. The van der Waals surface area contributed by atoms with Crippen molar-refractivity contribution in [2.24, 2.45) is 28.7 Å². The molecule has 0 saturated heterocycles. The molecule has 2 fully saturated rings. The molecule has 2 aromatic carbocycles. The largest absolute Gasteiger partial charge is 0.490 e. The maximum atomic E-state index is 13.7. The van der Waals surface area contributed by atoms with Gasteiger partial charge in [-0.3, -0.25) is 9.98 Å². The van der Waals surface area contributed by atoms with Gasteiger partial charge in [0, 0.05) is 34.7 Å². The number of halogens is 2. The lowest BCUT2D eigenvalue weighted by atomic mass is 9.87. The zero-order valence-electron chi connectivity index (χ0n) is 17.4. The first-order chi connectivity index (χ1) is 15.1. The highest BCUT2D eigenvalue weighted by Gasteiger charge is 2.59. The van der Waals surface area contributed by atoms with Crippen LogP contribution in [0.4, 0.5) is 10.1 Å². The Morgan fingerprint density at radius 1 is 1.13 bits per heavy atom. The zero-order valence-corrected chi connectivity index (χ0v) is 18.1. The second kappa shape index (κ2) is 7.30. The Morgan fingerprint density at radius 3 is 2.77 bits per heavy atom. The van der Waals surface area contributed by atoms with E-state index in [2.05, 4.69) is 18.0 Å². The second-order valence-corrected chi connectivity index (χ2v) is 9.59. The quantitative estimate of drug-likeness (QED) is 0.443. The van der Waals surface area contributed by atoms with Crippen LogP contribution in [0.15, 0.2) is 53.7 Å². The fraction of sp³-hybridized carbons (Fsp3) is 0.385. The van der Waals surface area contributed by atoms with Crippen LogP contribution < -0.4 is 4.74 Å². The summed E-state index contributed by atoms with van der Waals surface area (Å²) in [5.41, 5.74) is 4.43. The van der Waals surface area contributed by atoms with Gasteiger partial charge in [-0.05, 0) is 79.0 Å². The summed E-state index contributed by atoms with van der Waals surface area (Å²) < 4.78 is 20.1. The van der Waals surface area contributed by atoms with Crippen LogP contribution in [-0.2, 0) is 6.42 Å². The van der Waals surface area contributed by atoms with Gasteiger partial charge in [0.1, 0.15) is 11.6 Å². The van der Waals surface area contributed by atoms with Gasteiger partial charge < -0.3 is 4.74 Å². The molecular formula is C26H24ClFN2O. The van der Waals surface area contributed by atoms with Crippen LogP contribution in [0.2, 0.25) is 5.02 Å². The fourth-order valence-electron chi connectivity index (χ4n) is 6.03. The van der Waals surface area contributed by atoms with Crippen molar-refractivity contribution in [1.29, 1.82) is 0 Å². The number of benzene rings is 2. The molecule has 5 atom stereocenters. The number of pyridine rings is 1. The molecule has 5 heteroatoms. The Hall–Kier alpha value is -2.46. The highest BCUT2D eigenvalue weighted by molar-refractivity contribution is 6.31. The number of fused-ring (bicyclic) bond motifs is 3. The Kier molecular flexibility index (Phi) is 4.53. The van der Waals surface area contributed by atoms with Gasteiger partial charge in [0.15, 0.2) is 0 Å². The van der Waals surface area contributed by atoms with Crippen molar-refractivity contribution >= 4 is 33.9 Å². The summed E-state index contributed by atoms with van der Waals surface area (Å²) in [6.45, 7) is 2.28. The zero-order chi connectivity index (χ0) is 21.1. The molecule has 6 rings (SSSR count). The fourth-order valence-corrected chi connectivity index (χ4v) is 6.20. The van der Waals surface area contributed by atoms with Crippen molar-refractivity contribution in [3.8, 4) is 5.75 Å². The molecule has 2 saturated carbocycles. The molecule has 2 aliphatic carbocycles. The van der Waals surface area contributed by atoms with Crippen LogP contribution in [0, 0.1) is 29.5 Å². The predicted octanol–water partition coefficient (Wildman–Crippen LogP) is 6.79. The van der Waals surface area contributed by atoms with E-state index in [1.54, 1.807) is 12.3 Å². The Labute approximate surface area is 186 Å². The Bertz CT molecular complexity index is 1200. The van der Waals surface area contributed by atoms with Gasteiger partial charge in [-0.25, -0.2) is 4.39 Å². The maximum absolute atomic E-state index is 13.7. The molecule has 158 valence electrons. The van der Waals surface area contributed by atoms with Crippen LogP contribution in [0.3, 0.4) is 0 Å². The van der Waals surface area contributed by atoms with Crippen LogP contribution in [0.25, 0.3) is 10.9 Å². The lowest BCUT2D eigenvalue weighted by Gasteiger charge is -2.22. The molecule has 0 spiro atoms. The first-order valence-electron chi connectivity index (χ1n) is 11.2. The second-order valence-electron chi connectivity index (χ2n) is 9.15. The normalized spacial score (nSPS) is 27.0. The van der Waals surface area contributed by atoms with E-state index in [1.165, 1.54) is 23.4 Å². The smallest absolute Gasteiger partial charge is 0.130 e. The molecule has 1 aliphatic heterocycles. The van der Waals surface area contributed by atoms with E-state index in [-0.39, 0.29) is 11.9 Å². The standard InChI is InChI=1S/C26H24ClFN2O/c1-2-18(24-9-14-3-4-15(27)10-23(14)30-24)26-19-12-17(13-20(19)26)31-25-7-8-29-22-6-5-16(28)11-21(22)25/h3-8,10-11,17-20,26H,2,9,12-13H2,1H3/t17?,18?,19-,20+,26?. The minimum absolute atomic E-state index is 0.194. The number of ether oxygens (including phenoxy) is 1. The Balaban J connectivity index is 1.15. The molecule has 0 bridgehead atoms. The van der Waals surface area contributed by atoms with Crippen molar-refractivity contribution in [2.45, 2.75) is 38.7 Å². The summed E-state index contributed by atoms with van der Waals surface area (Å²) in [7, 11) is 0. The van der Waals surface area contributed by atoms with Gasteiger partial charge in [-0.2, -0.15) is 0 Å². The van der Waals surface area contributed by atoms with Crippen LogP contribution in [-0.4, -0.2) is 16.8 Å². The van der Waals surface area contributed by atoms with Gasteiger partial charge >= 0.3 is 0 Å². The third kappa shape index (κ3) is 3.32. The van der Waals surface area contributed by atoms with Gasteiger partial charge in [-0.15, -0.1) is 0 Å². The lowest BCUT2D eigenvalue weighted by Crippen LogP contribution is -2.22. The molecule has 2 heterocycles. The molecule has 0 radical (unpaired) electrons. The molecule has 1 aromatic heterocycles. The summed E-state index contributed by atoms with van der Waals surface area (Å²) in [6, 6.07) is 12.6. The van der Waals surface area contributed by atoms with Crippen LogP contribution in [0.5, 0.6) is 5.75 Å². The van der Waals surface area contributed by atoms with Crippen molar-refractivity contribution in [3.63, 3.8) is 0 Å². The van der Waals surface area contributed by atoms with E-state index in [1.807, 2.05) is 18.2 Å². The summed E-state index contributed by atoms with van der Waals surface area (Å²) in [4.78, 5) is 9.29. The van der Waals surface area contributed by atoms with Crippen LogP contribution >= 0.6 is 11.6 Å². The third-order valence-electron chi connectivity index (χ3n) is 7.44. The highest BCUT2D eigenvalue weighted by Crippen LogP contribution is 2.62. The lowest BCUT2D eigenvalue weighted by molar-refractivity contribution is 0.184. The minimum atomic E-state index is -0.259. The van der Waals surface area contributed by atoms with Gasteiger partial charge in [0.25, 0.3) is 0 Å². The van der Waals surface area contributed by atoms with Crippen LogP contribution in [0.1, 0.15) is 31.7 Å². The third-order valence-corrected chi connectivity index (χ3v) is 7.68. The summed E-state index contributed by atoms with van der Waals surface area (Å²) >= 11 is 6.16. The number of rotatable bonds is 5. The van der Waals surface area contributed by atoms with Gasteiger partial charge in [0.05, 0.1) is 17.3 Å². The SMILES string of the molecule is CCC(C1=Nc2cc(Cl)ccc2C1)C1[C@H]2CC(Oc3ccnc4ccc(F)cc34)C[C@@H]12. The molecule has 31 heavy (non-hydrogen) atoms. The molecule has 3 aromatic rings. The number of hydrogen-bond acceptors (Lipinski definition) is 3. The monoisotopic (exact) mass is 434 g/mol. The average molecular weight is 435 g/mol. The van der Waals surface area contributed by atoms with E-state index in [0.717, 1.165) is 53.0 Å². The molecule has 3 nitrogen and oxygen atoms in total. The predicted molar refractivity (Wildman–Crippen MR) is 122 cm³/mol. The summed E-state index contributed by atoms with van der Waals surface area (Å²) in [6.07, 6.45) is 6.14. The van der Waals surface area contributed by atoms with E-state index in [0.29, 0.717) is 23.7 Å². The summed E-state index contributed by atoms with van der Waals surface area (Å²) in [5.74, 6) is 3.14. The molecule has 0 N–H and O–H groups in total.